The van der Waals surface area contributed by atoms with Crippen molar-refractivity contribution in [2.45, 2.75) is 12.5 Å². The summed E-state index contributed by atoms with van der Waals surface area (Å²) in [6.07, 6.45) is 4.38. The van der Waals surface area contributed by atoms with E-state index in [4.69, 9.17) is 14.2 Å². The standard InChI is InChI=1S/C19H23N3O4/c1-24-15-3-4-18(25-2)16(10-15)21-19(23)22-17-12-26-11-14(17)9-13-5-7-20-8-6-13/h3-8,10,14,17H,9,11-12H2,1-2H3,(H2,21,22,23)/t14-,17+/m1/s1. The van der Waals surface area contributed by atoms with Gasteiger partial charge in [-0.25, -0.2) is 4.79 Å². The van der Waals surface area contributed by atoms with Gasteiger partial charge in [0.15, 0.2) is 0 Å². The quantitative estimate of drug-likeness (QED) is 0.830. The number of benzene rings is 1. The molecule has 2 atom stereocenters. The van der Waals surface area contributed by atoms with Crippen LogP contribution in [-0.2, 0) is 11.2 Å². The third-order valence-corrected chi connectivity index (χ3v) is 4.42. The van der Waals surface area contributed by atoms with Crippen molar-refractivity contribution in [1.82, 2.24) is 10.3 Å². The maximum absolute atomic E-state index is 12.5. The van der Waals surface area contributed by atoms with E-state index in [-0.39, 0.29) is 18.0 Å². The molecule has 2 N–H and O–H groups in total. The minimum absolute atomic E-state index is 0.0558. The lowest BCUT2D eigenvalue weighted by molar-refractivity contribution is 0.182. The number of aromatic nitrogens is 1. The summed E-state index contributed by atoms with van der Waals surface area (Å²) in [5, 5.41) is 5.83. The Morgan fingerprint density at radius 3 is 2.73 bits per heavy atom. The lowest BCUT2D eigenvalue weighted by Crippen LogP contribution is -2.42. The van der Waals surface area contributed by atoms with Crippen LogP contribution in [0.5, 0.6) is 11.5 Å². The molecule has 1 aliphatic rings. The highest BCUT2D eigenvalue weighted by Crippen LogP contribution is 2.29. The molecule has 1 aliphatic heterocycles. The molecule has 0 radical (unpaired) electrons. The largest absolute Gasteiger partial charge is 0.497 e. The summed E-state index contributed by atoms with van der Waals surface area (Å²) >= 11 is 0. The Bertz CT molecular complexity index is 739. The first-order valence-corrected chi connectivity index (χ1v) is 8.45. The van der Waals surface area contributed by atoms with Gasteiger partial charge in [-0.15, -0.1) is 0 Å². The van der Waals surface area contributed by atoms with Crippen LogP contribution < -0.4 is 20.1 Å². The molecule has 0 aliphatic carbocycles. The average Bonchev–Trinajstić information content (AvgIpc) is 3.09. The highest BCUT2D eigenvalue weighted by Gasteiger charge is 2.29. The van der Waals surface area contributed by atoms with Crippen LogP contribution in [0.1, 0.15) is 5.56 Å². The van der Waals surface area contributed by atoms with Crippen molar-refractivity contribution in [3.05, 3.63) is 48.3 Å². The van der Waals surface area contributed by atoms with Crippen molar-refractivity contribution in [2.75, 3.05) is 32.8 Å². The number of amides is 2. The smallest absolute Gasteiger partial charge is 0.319 e. The van der Waals surface area contributed by atoms with Gasteiger partial charge in [-0.3, -0.25) is 4.98 Å². The minimum atomic E-state index is -0.299. The zero-order valence-corrected chi connectivity index (χ0v) is 14.9. The summed E-state index contributed by atoms with van der Waals surface area (Å²) in [6.45, 7) is 1.12. The summed E-state index contributed by atoms with van der Waals surface area (Å²) in [6, 6.07) is 8.86. The van der Waals surface area contributed by atoms with Crippen molar-refractivity contribution in [1.29, 1.82) is 0 Å². The Hall–Kier alpha value is -2.80. The topological polar surface area (TPSA) is 81.7 Å². The van der Waals surface area contributed by atoms with Gasteiger partial charge >= 0.3 is 6.03 Å². The van der Waals surface area contributed by atoms with E-state index in [2.05, 4.69) is 15.6 Å². The monoisotopic (exact) mass is 357 g/mol. The second-order valence-electron chi connectivity index (χ2n) is 6.13. The van der Waals surface area contributed by atoms with Crippen molar-refractivity contribution in [3.8, 4) is 11.5 Å². The third-order valence-electron chi connectivity index (χ3n) is 4.42. The lowest BCUT2D eigenvalue weighted by atomic mass is 9.95. The molecule has 2 heterocycles. The molecule has 26 heavy (non-hydrogen) atoms. The van der Waals surface area contributed by atoms with Gasteiger partial charge in [0.2, 0.25) is 0 Å². The zero-order chi connectivity index (χ0) is 18.4. The second-order valence-corrected chi connectivity index (χ2v) is 6.13. The molecule has 2 amide bonds. The fourth-order valence-electron chi connectivity index (χ4n) is 3.02. The van der Waals surface area contributed by atoms with E-state index in [1.165, 1.54) is 5.56 Å². The lowest BCUT2D eigenvalue weighted by Gasteiger charge is -2.20. The first-order valence-electron chi connectivity index (χ1n) is 8.45. The number of rotatable bonds is 6. The molecule has 1 aromatic carbocycles. The SMILES string of the molecule is COc1ccc(OC)c(NC(=O)N[C@H]2COC[C@H]2Cc2ccncc2)c1. The Morgan fingerprint density at radius 1 is 1.19 bits per heavy atom. The van der Waals surface area contributed by atoms with Gasteiger partial charge < -0.3 is 24.8 Å². The van der Waals surface area contributed by atoms with Crippen molar-refractivity contribution < 1.29 is 19.0 Å². The molecular formula is C19H23N3O4. The van der Waals surface area contributed by atoms with Gasteiger partial charge in [0, 0.05) is 24.4 Å². The summed E-state index contributed by atoms with van der Waals surface area (Å²) in [4.78, 5) is 16.5. The van der Waals surface area contributed by atoms with Crippen molar-refractivity contribution in [3.63, 3.8) is 0 Å². The highest BCUT2D eigenvalue weighted by molar-refractivity contribution is 5.91. The molecule has 7 nitrogen and oxygen atoms in total. The number of carbonyl (C=O) groups is 1. The highest BCUT2D eigenvalue weighted by atomic mass is 16.5. The first-order chi connectivity index (χ1) is 12.7. The van der Waals surface area contributed by atoms with E-state index in [9.17, 15) is 4.79 Å². The molecule has 7 heteroatoms. The van der Waals surface area contributed by atoms with Gasteiger partial charge in [0.05, 0.1) is 39.2 Å². The first kappa shape index (κ1) is 18.0. The summed E-state index contributed by atoms with van der Waals surface area (Å²) < 4.78 is 16.1. The van der Waals surface area contributed by atoms with Gasteiger partial charge in [0.25, 0.3) is 0 Å². The predicted molar refractivity (Wildman–Crippen MR) is 97.7 cm³/mol. The number of anilines is 1. The van der Waals surface area contributed by atoms with E-state index in [0.717, 1.165) is 6.42 Å². The number of carbonyl (C=O) groups excluding carboxylic acids is 1. The van der Waals surface area contributed by atoms with Gasteiger partial charge in [-0.2, -0.15) is 0 Å². The number of nitrogens with zero attached hydrogens (tertiary/aromatic N) is 1. The number of ether oxygens (including phenoxy) is 3. The van der Waals surface area contributed by atoms with Crippen LogP contribution >= 0.6 is 0 Å². The van der Waals surface area contributed by atoms with Gasteiger partial charge in [-0.05, 0) is 36.2 Å². The van der Waals surface area contributed by atoms with Crippen LogP contribution in [-0.4, -0.2) is 44.5 Å². The van der Waals surface area contributed by atoms with E-state index in [0.29, 0.717) is 30.4 Å². The van der Waals surface area contributed by atoms with Crippen LogP contribution in [0.3, 0.4) is 0 Å². The van der Waals surface area contributed by atoms with Crippen LogP contribution in [0.4, 0.5) is 10.5 Å². The molecular weight excluding hydrogens is 334 g/mol. The predicted octanol–water partition coefficient (Wildman–Crippen LogP) is 2.48. The Balaban J connectivity index is 1.62. The Morgan fingerprint density at radius 2 is 2.00 bits per heavy atom. The number of hydrogen-bond acceptors (Lipinski definition) is 5. The molecule has 0 unspecified atom stereocenters. The Labute approximate surface area is 152 Å². The van der Waals surface area contributed by atoms with Gasteiger partial charge in [0.1, 0.15) is 11.5 Å². The maximum Gasteiger partial charge on any atom is 0.319 e. The molecule has 0 saturated carbocycles. The minimum Gasteiger partial charge on any atom is -0.497 e. The molecule has 2 aromatic rings. The molecule has 1 aromatic heterocycles. The summed E-state index contributed by atoms with van der Waals surface area (Å²) in [5.74, 6) is 1.42. The van der Waals surface area contributed by atoms with Gasteiger partial charge in [-0.1, -0.05) is 0 Å². The maximum atomic E-state index is 12.5. The fourth-order valence-corrected chi connectivity index (χ4v) is 3.02. The van der Waals surface area contributed by atoms with Crippen molar-refractivity contribution >= 4 is 11.7 Å². The molecule has 3 rings (SSSR count). The van der Waals surface area contributed by atoms with Crippen LogP contribution in [0.2, 0.25) is 0 Å². The number of hydrogen-bond donors (Lipinski definition) is 2. The number of urea groups is 1. The van der Waals surface area contributed by atoms with Crippen LogP contribution in [0, 0.1) is 5.92 Å². The van der Waals surface area contributed by atoms with E-state index in [1.54, 1.807) is 44.8 Å². The van der Waals surface area contributed by atoms with E-state index >= 15 is 0 Å². The number of nitrogens with one attached hydrogen (secondary N) is 2. The molecule has 0 spiro atoms. The summed E-state index contributed by atoms with van der Waals surface area (Å²) in [7, 11) is 3.13. The fraction of sp³-hybridized carbons (Fsp3) is 0.368. The normalized spacial score (nSPS) is 19.0. The zero-order valence-electron chi connectivity index (χ0n) is 14.9. The number of pyridine rings is 1. The van der Waals surface area contributed by atoms with Crippen molar-refractivity contribution in [2.24, 2.45) is 5.92 Å². The molecule has 138 valence electrons. The van der Waals surface area contributed by atoms with E-state index < -0.39 is 0 Å². The average molecular weight is 357 g/mol. The molecule has 1 saturated heterocycles. The number of methoxy groups -OCH3 is 2. The Kier molecular flexibility index (Phi) is 5.91. The van der Waals surface area contributed by atoms with Crippen LogP contribution in [0.25, 0.3) is 0 Å². The summed E-state index contributed by atoms with van der Waals surface area (Å²) in [5.41, 5.74) is 1.73. The van der Waals surface area contributed by atoms with E-state index in [1.807, 2.05) is 12.1 Å². The molecule has 0 bridgehead atoms. The molecule has 1 fully saturated rings. The second kappa shape index (κ2) is 8.53. The van der Waals surface area contributed by atoms with Crippen LogP contribution in [0.15, 0.2) is 42.7 Å². The third kappa shape index (κ3) is 4.43.